The molecule has 9 heteroatoms. The normalized spacial score (nSPS) is 21.1. The third-order valence-electron chi connectivity index (χ3n) is 7.45. The molecule has 2 fully saturated rings. The summed E-state index contributed by atoms with van der Waals surface area (Å²) in [7, 11) is 3.66. The standard InChI is InChI=1S/C25H36N8O/c1-4-31-11-13-32(14-12-31)20-9-10-22(26-17-20)28-25-27-16-18-15-21(24(34)30(2)3)33(23(18)29-25)19-7-5-6-8-19/h9-10,16-17,19,21H,4-8,11-15H2,1-3H3,(H,26,27,28,29). The fourth-order valence-electron chi connectivity index (χ4n) is 5.48. The maximum Gasteiger partial charge on any atom is 0.245 e. The maximum atomic E-state index is 13.0. The van der Waals surface area contributed by atoms with Crippen molar-refractivity contribution in [2.24, 2.45) is 0 Å². The van der Waals surface area contributed by atoms with E-state index in [2.05, 4.69) is 43.0 Å². The van der Waals surface area contributed by atoms with E-state index < -0.39 is 0 Å². The molecule has 1 saturated heterocycles. The first-order valence-electron chi connectivity index (χ1n) is 12.6. The van der Waals surface area contributed by atoms with Crippen molar-refractivity contribution in [1.82, 2.24) is 24.8 Å². The third-order valence-corrected chi connectivity index (χ3v) is 7.45. The first-order chi connectivity index (χ1) is 16.5. The van der Waals surface area contributed by atoms with Crippen molar-refractivity contribution in [2.75, 3.05) is 61.9 Å². The van der Waals surface area contributed by atoms with Crippen molar-refractivity contribution < 1.29 is 4.79 Å². The highest BCUT2D eigenvalue weighted by atomic mass is 16.2. The zero-order chi connectivity index (χ0) is 23.7. The van der Waals surface area contributed by atoms with E-state index in [1.54, 1.807) is 4.90 Å². The monoisotopic (exact) mass is 464 g/mol. The van der Waals surface area contributed by atoms with Crippen LogP contribution in [0, 0.1) is 0 Å². The lowest BCUT2D eigenvalue weighted by Gasteiger charge is -2.35. The van der Waals surface area contributed by atoms with Crippen molar-refractivity contribution in [1.29, 1.82) is 0 Å². The summed E-state index contributed by atoms with van der Waals surface area (Å²) in [6.45, 7) is 7.56. The summed E-state index contributed by atoms with van der Waals surface area (Å²) < 4.78 is 0. The van der Waals surface area contributed by atoms with E-state index in [4.69, 9.17) is 4.98 Å². The van der Waals surface area contributed by atoms with Crippen molar-refractivity contribution in [3.63, 3.8) is 0 Å². The molecule has 1 unspecified atom stereocenters. The Balaban J connectivity index is 1.31. The predicted octanol–water partition coefficient (Wildman–Crippen LogP) is 2.52. The van der Waals surface area contributed by atoms with Crippen LogP contribution in [0.5, 0.6) is 0 Å². The van der Waals surface area contributed by atoms with Gasteiger partial charge in [-0.3, -0.25) is 4.79 Å². The lowest BCUT2D eigenvalue weighted by atomic mass is 10.1. The lowest BCUT2D eigenvalue weighted by Crippen LogP contribution is -2.49. The second kappa shape index (κ2) is 9.74. The average molecular weight is 465 g/mol. The van der Waals surface area contributed by atoms with Gasteiger partial charge in [-0.1, -0.05) is 19.8 Å². The molecule has 4 heterocycles. The van der Waals surface area contributed by atoms with Gasteiger partial charge in [0.1, 0.15) is 17.7 Å². The zero-order valence-corrected chi connectivity index (χ0v) is 20.6. The Morgan fingerprint density at radius 2 is 1.85 bits per heavy atom. The van der Waals surface area contributed by atoms with E-state index in [1.807, 2.05) is 32.6 Å². The summed E-state index contributed by atoms with van der Waals surface area (Å²) in [4.78, 5) is 35.8. The Hall–Kier alpha value is -2.94. The molecule has 1 aliphatic carbocycles. The van der Waals surface area contributed by atoms with Crippen LogP contribution in [0.1, 0.15) is 38.2 Å². The molecule has 2 aromatic heterocycles. The minimum Gasteiger partial charge on any atom is -0.368 e. The number of amides is 1. The summed E-state index contributed by atoms with van der Waals surface area (Å²) in [5, 5.41) is 3.28. The van der Waals surface area contributed by atoms with E-state index >= 15 is 0 Å². The molecular weight excluding hydrogens is 428 g/mol. The fourth-order valence-corrected chi connectivity index (χ4v) is 5.48. The minimum absolute atomic E-state index is 0.136. The van der Waals surface area contributed by atoms with E-state index in [-0.39, 0.29) is 11.9 Å². The molecule has 1 amide bonds. The highest BCUT2D eigenvalue weighted by Gasteiger charge is 2.41. The van der Waals surface area contributed by atoms with Gasteiger partial charge in [-0.2, -0.15) is 4.98 Å². The number of likely N-dealkylation sites (N-methyl/N-ethyl adjacent to an activating group) is 2. The Bertz CT molecular complexity index is 996. The van der Waals surface area contributed by atoms with Crippen molar-refractivity contribution in [2.45, 2.75) is 51.1 Å². The van der Waals surface area contributed by atoms with Gasteiger partial charge in [-0.15, -0.1) is 0 Å². The molecule has 1 atom stereocenters. The number of carbonyl (C=O) groups excluding carboxylic acids is 1. The summed E-state index contributed by atoms with van der Waals surface area (Å²) in [6.07, 6.45) is 9.10. The molecule has 0 aromatic carbocycles. The van der Waals surface area contributed by atoms with Gasteiger partial charge in [0, 0.05) is 64.5 Å². The summed E-state index contributed by atoms with van der Waals surface area (Å²) in [5.41, 5.74) is 2.20. The van der Waals surface area contributed by atoms with Crippen molar-refractivity contribution in [3.8, 4) is 0 Å². The van der Waals surface area contributed by atoms with Crippen LogP contribution in [-0.2, 0) is 11.2 Å². The lowest BCUT2D eigenvalue weighted by molar-refractivity contribution is -0.130. The summed E-state index contributed by atoms with van der Waals surface area (Å²) in [6, 6.07) is 4.28. The highest BCUT2D eigenvalue weighted by Crippen LogP contribution is 2.38. The second-order valence-corrected chi connectivity index (χ2v) is 9.79. The van der Waals surface area contributed by atoms with E-state index in [0.717, 1.165) is 68.5 Å². The number of carbonyl (C=O) groups is 1. The van der Waals surface area contributed by atoms with Crippen LogP contribution in [0.25, 0.3) is 0 Å². The smallest absolute Gasteiger partial charge is 0.245 e. The van der Waals surface area contributed by atoms with Crippen LogP contribution in [-0.4, -0.2) is 89.6 Å². The molecule has 3 aliphatic rings. The fraction of sp³-hybridized carbons (Fsp3) is 0.600. The van der Waals surface area contributed by atoms with Crippen LogP contribution < -0.4 is 15.1 Å². The molecule has 0 bridgehead atoms. The third kappa shape index (κ3) is 4.53. The number of fused-ring (bicyclic) bond motifs is 1. The molecule has 0 spiro atoms. The molecule has 34 heavy (non-hydrogen) atoms. The van der Waals surface area contributed by atoms with Crippen LogP contribution in [0.15, 0.2) is 24.5 Å². The molecule has 182 valence electrons. The second-order valence-electron chi connectivity index (χ2n) is 9.79. The van der Waals surface area contributed by atoms with Gasteiger partial charge >= 0.3 is 0 Å². The largest absolute Gasteiger partial charge is 0.368 e. The van der Waals surface area contributed by atoms with E-state index in [1.165, 1.54) is 12.8 Å². The first-order valence-corrected chi connectivity index (χ1v) is 12.6. The highest BCUT2D eigenvalue weighted by molar-refractivity contribution is 5.87. The number of hydrogen-bond donors (Lipinski definition) is 1. The van der Waals surface area contributed by atoms with Gasteiger partial charge in [0.05, 0.1) is 11.9 Å². The Morgan fingerprint density at radius 3 is 2.50 bits per heavy atom. The average Bonchev–Trinajstić information content (AvgIpc) is 3.51. The molecule has 9 nitrogen and oxygen atoms in total. The van der Waals surface area contributed by atoms with Gasteiger partial charge in [0.2, 0.25) is 11.9 Å². The molecule has 2 aromatic rings. The minimum atomic E-state index is -0.191. The number of nitrogens with one attached hydrogen (secondary N) is 1. The summed E-state index contributed by atoms with van der Waals surface area (Å²) in [5.74, 6) is 2.28. The number of rotatable bonds is 6. The van der Waals surface area contributed by atoms with Crippen molar-refractivity contribution >= 4 is 29.2 Å². The van der Waals surface area contributed by atoms with Crippen molar-refractivity contribution in [3.05, 3.63) is 30.1 Å². The van der Waals surface area contributed by atoms with Gasteiger partial charge < -0.3 is 24.9 Å². The van der Waals surface area contributed by atoms with E-state index in [0.29, 0.717) is 18.4 Å². The Morgan fingerprint density at radius 1 is 1.09 bits per heavy atom. The molecule has 2 aliphatic heterocycles. The number of piperazine rings is 1. The van der Waals surface area contributed by atoms with Crippen LogP contribution >= 0.6 is 0 Å². The van der Waals surface area contributed by atoms with Crippen LogP contribution in [0.4, 0.5) is 23.3 Å². The Kier molecular flexibility index (Phi) is 6.54. The van der Waals surface area contributed by atoms with Gasteiger partial charge in [0.25, 0.3) is 0 Å². The number of nitrogens with zero attached hydrogens (tertiary/aromatic N) is 7. The number of hydrogen-bond acceptors (Lipinski definition) is 8. The SMILES string of the molecule is CCN1CCN(c2ccc(Nc3ncc4c(n3)N(C3CCCC3)C(C(=O)N(C)C)C4)nc2)CC1. The van der Waals surface area contributed by atoms with Gasteiger partial charge in [-0.05, 0) is 31.5 Å². The molecule has 0 radical (unpaired) electrons. The number of pyridine rings is 1. The van der Waals surface area contributed by atoms with Gasteiger partial charge in [0.15, 0.2) is 0 Å². The predicted molar refractivity (Wildman–Crippen MR) is 135 cm³/mol. The van der Waals surface area contributed by atoms with Crippen LogP contribution in [0.3, 0.4) is 0 Å². The van der Waals surface area contributed by atoms with Gasteiger partial charge in [-0.25, -0.2) is 9.97 Å². The Labute approximate surface area is 202 Å². The zero-order valence-electron chi connectivity index (χ0n) is 20.6. The molecule has 1 saturated carbocycles. The first kappa shape index (κ1) is 22.8. The quantitative estimate of drug-likeness (QED) is 0.699. The topological polar surface area (TPSA) is 80.7 Å². The number of aromatic nitrogens is 3. The number of anilines is 4. The molecule has 5 rings (SSSR count). The molecule has 1 N–H and O–H groups in total. The maximum absolute atomic E-state index is 13.0. The molecular formula is C25H36N8O. The van der Waals surface area contributed by atoms with Crippen LogP contribution in [0.2, 0.25) is 0 Å². The van der Waals surface area contributed by atoms with E-state index in [9.17, 15) is 4.79 Å². The summed E-state index contributed by atoms with van der Waals surface area (Å²) >= 11 is 0.